The molecule has 1 aromatic carbocycles. The predicted molar refractivity (Wildman–Crippen MR) is 124 cm³/mol. The van der Waals surface area contributed by atoms with Crippen LogP contribution in [0.3, 0.4) is 0 Å². The quantitative estimate of drug-likeness (QED) is 0.358. The number of aryl methyl sites for hydroxylation is 2. The smallest absolute Gasteiger partial charge is 0.331 e. The number of hydrogen-bond donors (Lipinski definition) is 2. The van der Waals surface area contributed by atoms with Crippen LogP contribution in [0.4, 0.5) is 0 Å². The monoisotopic (exact) mass is 468 g/mol. The molecule has 2 N–H and O–H groups in total. The number of hydrogen-bond acceptors (Lipinski definition) is 7. The van der Waals surface area contributed by atoms with Crippen molar-refractivity contribution in [2.75, 3.05) is 7.11 Å². The molecule has 0 saturated carbocycles. The largest absolute Gasteiger partial charge is 0.497 e. The fourth-order valence-corrected chi connectivity index (χ4v) is 3.16. The fourth-order valence-electron chi connectivity index (χ4n) is 3.16. The summed E-state index contributed by atoms with van der Waals surface area (Å²) >= 11 is 0. The van der Waals surface area contributed by atoms with Crippen molar-refractivity contribution in [3.63, 3.8) is 0 Å². The van der Waals surface area contributed by atoms with Gasteiger partial charge in [-0.2, -0.15) is 0 Å². The molecule has 0 aliphatic rings. The summed E-state index contributed by atoms with van der Waals surface area (Å²) in [5, 5.41) is 0. The molecular weight excluding hydrogens is 444 g/mol. The van der Waals surface area contributed by atoms with Gasteiger partial charge in [0.25, 0.3) is 11.1 Å². The Labute approximate surface area is 192 Å². The number of esters is 1. The van der Waals surface area contributed by atoms with E-state index in [1.165, 1.54) is 41.5 Å². The summed E-state index contributed by atoms with van der Waals surface area (Å²) in [6.07, 6.45) is 4.48. The maximum absolute atomic E-state index is 12.5. The van der Waals surface area contributed by atoms with Gasteiger partial charge < -0.3 is 9.47 Å². The Kier molecular flexibility index (Phi) is 7.46. The maximum atomic E-state index is 12.5. The normalized spacial score (nSPS) is 11.2. The third-order valence-electron chi connectivity index (χ3n) is 4.99. The predicted octanol–water partition coefficient (Wildman–Crippen LogP) is 0.337. The number of ether oxygens (including phenoxy) is 2. The molecule has 0 saturated heterocycles. The summed E-state index contributed by atoms with van der Waals surface area (Å²) in [5.74, 6) is -0.0349. The number of benzene rings is 1. The van der Waals surface area contributed by atoms with Gasteiger partial charge in [-0.3, -0.25) is 28.7 Å². The molecule has 11 heteroatoms. The van der Waals surface area contributed by atoms with Crippen LogP contribution in [0.2, 0.25) is 0 Å². The summed E-state index contributed by atoms with van der Waals surface area (Å²) in [5.41, 5.74) is -1.10. The number of aromatic nitrogens is 4. The number of aromatic amines is 2. The van der Waals surface area contributed by atoms with E-state index in [9.17, 15) is 24.0 Å². The van der Waals surface area contributed by atoms with Gasteiger partial charge >= 0.3 is 17.3 Å². The summed E-state index contributed by atoms with van der Waals surface area (Å²) in [6, 6.07) is 6.99. The van der Waals surface area contributed by atoms with E-state index < -0.39 is 34.6 Å². The Hall–Kier alpha value is -4.41. The van der Waals surface area contributed by atoms with Crippen LogP contribution in [-0.4, -0.2) is 38.3 Å². The first-order valence-electron chi connectivity index (χ1n) is 10.3. The Balaban J connectivity index is 1.86. The van der Waals surface area contributed by atoms with Crippen molar-refractivity contribution in [3.05, 3.63) is 101 Å². The maximum Gasteiger partial charge on any atom is 0.331 e. The van der Waals surface area contributed by atoms with Crippen LogP contribution in [0, 0.1) is 13.8 Å². The van der Waals surface area contributed by atoms with Gasteiger partial charge in [0.1, 0.15) is 11.9 Å². The second-order valence-electron chi connectivity index (χ2n) is 7.61. The average molecular weight is 468 g/mol. The molecule has 3 aromatic rings. The summed E-state index contributed by atoms with van der Waals surface area (Å²) in [6.45, 7) is 2.79. The van der Waals surface area contributed by atoms with E-state index in [2.05, 4.69) is 9.97 Å². The highest BCUT2D eigenvalue weighted by molar-refractivity contribution is 5.87. The first-order chi connectivity index (χ1) is 16.2. The van der Waals surface area contributed by atoms with Crippen molar-refractivity contribution < 1.29 is 14.3 Å². The number of nitrogens with one attached hydrogen (secondary N) is 2. The molecule has 0 aliphatic carbocycles. The standard InChI is InChI=1S/C23H24N4O7/c1-14-10-26(22(31)24-20(14)29)12-18(13-27-11-15(2)21(30)25-23(27)32)34-19(28)9-6-16-4-7-17(33-3)8-5-16/h4-11,18H,12-13H2,1-3H3,(H,24,29,31)(H,25,30,32). The van der Waals surface area contributed by atoms with E-state index in [1.54, 1.807) is 37.5 Å². The lowest BCUT2D eigenvalue weighted by molar-refractivity contribution is -0.144. The Morgan fingerprint density at radius 1 is 0.912 bits per heavy atom. The summed E-state index contributed by atoms with van der Waals surface area (Å²) < 4.78 is 13.0. The molecule has 0 unspecified atom stereocenters. The lowest BCUT2D eigenvalue weighted by atomic mass is 10.2. The zero-order valence-corrected chi connectivity index (χ0v) is 18.9. The highest BCUT2D eigenvalue weighted by Gasteiger charge is 2.18. The topological polar surface area (TPSA) is 145 Å². The second-order valence-corrected chi connectivity index (χ2v) is 7.61. The fraction of sp³-hybridized carbons (Fsp3) is 0.261. The van der Waals surface area contributed by atoms with E-state index in [0.717, 1.165) is 5.56 Å². The molecule has 178 valence electrons. The van der Waals surface area contributed by atoms with Gasteiger partial charge in [0, 0.05) is 29.6 Å². The van der Waals surface area contributed by atoms with Gasteiger partial charge in [-0.25, -0.2) is 14.4 Å². The lowest BCUT2D eigenvalue weighted by Crippen LogP contribution is -2.39. The lowest BCUT2D eigenvalue weighted by Gasteiger charge is -2.19. The van der Waals surface area contributed by atoms with Crippen molar-refractivity contribution in [3.8, 4) is 5.75 Å². The Morgan fingerprint density at radius 3 is 1.88 bits per heavy atom. The molecule has 0 radical (unpaired) electrons. The molecule has 0 bridgehead atoms. The molecule has 0 aliphatic heterocycles. The number of methoxy groups -OCH3 is 1. The van der Waals surface area contributed by atoms with E-state index >= 15 is 0 Å². The third kappa shape index (κ3) is 6.09. The molecule has 2 aromatic heterocycles. The first kappa shape index (κ1) is 24.2. The van der Waals surface area contributed by atoms with Crippen molar-refractivity contribution in [2.45, 2.75) is 33.0 Å². The average Bonchev–Trinajstić information content (AvgIpc) is 2.80. The van der Waals surface area contributed by atoms with E-state index in [0.29, 0.717) is 16.9 Å². The number of carbonyl (C=O) groups excluding carboxylic acids is 1. The van der Waals surface area contributed by atoms with Crippen LogP contribution >= 0.6 is 0 Å². The van der Waals surface area contributed by atoms with Gasteiger partial charge in [-0.1, -0.05) is 12.1 Å². The molecule has 34 heavy (non-hydrogen) atoms. The van der Waals surface area contributed by atoms with Crippen molar-refractivity contribution in [1.82, 2.24) is 19.1 Å². The van der Waals surface area contributed by atoms with Gasteiger partial charge in [0.2, 0.25) is 0 Å². The third-order valence-corrected chi connectivity index (χ3v) is 4.99. The summed E-state index contributed by atoms with van der Waals surface area (Å²) in [4.78, 5) is 64.7. The molecular formula is C23H24N4O7. The van der Waals surface area contributed by atoms with E-state index in [-0.39, 0.29) is 13.1 Å². The number of rotatable bonds is 8. The highest BCUT2D eigenvalue weighted by atomic mass is 16.5. The zero-order valence-electron chi connectivity index (χ0n) is 18.9. The molecule has 3 rings (SSSR count). The van der Waals surface area contributed by atoms with Crippen LogP contribution in [-0.2, 0) is 22.6 Å². The molecule has 0 atom stereocenters. The number of nitrogens with zero attached hydrogens (tertiary/aromatic N) is 2. The molecule has 0 amide bonds. The molecule has 11 nitrogen and oxygen atoms in total. The SMILES string of the molecule is COc1ccc(C=CC(=O)OC(Cn2cc(C)c(=O)[nH]c2=O)Cn2cc(C)c(=O)[nH]c2=O)cc1. The van der Waals surface area contributed by atoms with Crippen LogP contribution in [0.25, 0.3) is 6.08 Å². The van der Waals surface area contributed by atoms with Gasteiger partial charge in [-0.15, -0.1) is 0 Å². The van der Waals surface area contributed by atoms with Gasteiger partial charge in [0.05, 0.1) is 20.2 Å². The zero-order chi connectivity index (χ0) is 24.8. The molecule has 2 heterocycles. The summed E-state index contributed by atoms with van der Waals surface area (Å²) in [7, 11) is 1.55. The van der Waals surface area contributed by atoms with Crippen molar-refractivity contribution in [1.29, 1.82) is 0 Å². The first-order valence-corrected chi connectivity index (χ1v) is 10.3. The second kappa shape index (κ2) is 10.5. The van der Waals surface area contributed by atoms with Crippen molar-refractivity contribution >= 4 is 12.0 Å². The Bertz CT molecular complexity index is 1370. The van der Waals surface area contributed by atoms with Gasteiger partial charge in [-0.05, 0) is 37.6 Å². The van der Waals surface area contributed by atoms with Crippen LogP contribution < -0.4 is 27.2 Å². The minimum atomic E-state index is -0.973. The van der Waals surface area contributed by atoms with Gasteiger partial charge in [0.15, 0.2) is 0 Å². The minimum Gasteiger partial charge on any atom is -0.497 e. The minimum absolute atomic E-state index is 0.136. The molecule has 0 spiro atoms. The van der Waals surface area contributed by atoms with Crippen molar-refractivity contribution in [2.24, 2.45) is 0 Å². The van der Waals surface area contributed by atoms with Crippen LogP contribution in [0.15, 0.2) is 61.9 Å². The highest BCUT2D eigenvalue weighted by Crippen LogP contribution is 2.12. The molecule has 0 fully saturated rings. The number of H-pyrrole nitrogens is 2. The van der Waals surface area contributed by atoms with Crippen LogP contribution in [0.5, 0.6) is 5.75 Å². The van der Waals surface area contributed by atoms with Crippen LogP contribution in [0.1, 0.15) is 16.7 Å². The Morgan fingerprint density at radius 2 is 1.41 bits per heavy atom. The number of carbonyl (C=O) groups is 1. The van der Waals surface area contributed by atoms with E-state index in [4.69, 9.17) is 9.47 Å². The van der Waals surface area contributed by atoms with E-state index in [1.807, 2.05) is 0 Å².